The number of aromatic nitrogens is 2. The van der Waals surface area contributed by atoms with Crippen LogP contribution in [0, 0.1) is 0 Å². The summed E-state index contributed by atoms with van der Waals surface area (Å²) < 4.78 is 5.35. The van der Waals surface area contributed by atoms with E-state index >= 15 is 0 Å². The van der Waals surface area contributed by atoms with E-state index in [9.17, 15) is 4.79 Å². The molecule has 1 aromatic heterocycles. The summed E-state index contributed by atoms with van der Waals surface area (Å²) in [7, 11) is 1.68. The van der Waals surface area contributed by atoms with E-state index in [1.807, 2.05) is 47.4 Å². The fourth-order valence-corrected chi connectivity index (χ4v) is 4.65. The number of rotatable bonds is 5. The summed E-state index contributed by atoms with van der Waals surface area (Å²) in [6, 6.07) is 15.9. The predicted octanol–water partition coefficient (Wildman–Crippen LogP) is 3.71. The highest BCUT2D eigenvalue weighted by Gasteiger charge is 2.24. The monoisotopic (exact) mass is 443 g/mol. The quantitative estimate of drug-likeness (QED) is 0.599. The van der Waals surface area contributed by atoms with Crippen LogP contribution < -0.4 is 14.5 Å². The number of methoxy groups -OCH3 is 1. The maximum atomic E-state index is 13.3. The average molecular weight is 444 g/mol. The molecule has 0 radical (unpaired) electrons. The predicted molar refractivity (Wildman–Crippen MR) is 130 cm³/mol. The summed E-state index contributed by atoms with van der Waals surface area (Å²) in [5, 5.41) is 0. The van der Waals surface area contributed by atoms with Gasteiger partial charge in [-0.05, 0) is 37.1 Å². The molecule has 0 saturated carbocycles. The first kappa shape index (κ1) is 21.2. The minimum atomic E-state index is 0.0637. The minimum Gasteiger partial charge on any atom is -0.497 e. The van der Waals surface area contributed by atoms with Crippen LogP contribution >= 0.6 is 0 Å². The van der Waals surface area contributed by atoms with Gasteiger partial charge >= 0.3 is 0 Å². The van der Waals surface area contributed by atoms with Crippen molar-refractivity contribution in [1.82, 2.24) is 14.9 Å². The Hall–Kier alpha value is -3.61. The zero-order valence-electron chi connectivity index (χ0n) is 19.0. The van der Waals surface area contributed by atoms with Crippen molar-refractivity contribution in [2.24, 2.45) is 0 Å². The average Bonchev–Trinajstić information content (AvgIpc) is 3.43. The summed E-state index contributed by atoms with van der Waals surface area (Å²) in [6.07, 6.45) is 5.82. The van der Waals surface area contributed by atoms with Crippen LogP contribution in [0.3, 0.4) is 0 Å². The second-order valence-electron chi connectivity index (χ2n) is 8.48. The third-order valence-electron chi connectivity index (χ3n) is 6.45. The molecule has 2 aliphatic heterocycles. The fraction of sp³-hybridized carbons (Fsp3) is 0.346. The summed E-state index contributed by atoms with van der Waals surface area (Å²) in [5.74, 6) is 1.82. The van der Waals surface area contributed by atoms with Crippen molar-refractivity contribution in [3.63, 3.8) is 0 Å². The molecule has 0 unspecified atom stereocenters. The van der Waals surface area contributed by atoms with Crippen molar-refractivity contribution >= 4 is 17.4 Å². The topological polar surface area (TPSA) is 61.8 Å². The summed E-state index contributed by atoms with van der Waals surface area (Å²) in [4.78, 5) is 29.1. The summed E-state index contributed by atoms with van der Waals surface area (Å²) >= 11 is 0. The first-order valence-corrected chi connectivity index (χ1v) is 11.6. The lowest BCUT2D eigenvalue weighted by molar-refractivity contribution is 0.0747. The van der Waals surface area contributed by atoms with Crippen LogP contribution in [0.4, 0.5) is 11.5 Å². The van der Waals surface area contributed by atoms with Gasteiger partial charge in [0.25, 0.3) is 5.91 Å². The van der Waals surface area contributed by atoms with E-state index in [2.05, 4.69) is 25.8 Å². The number of anilines is 2. The van der Waals surface area contributed by atoms with E-state index in [4.69, 9.17) is 4.74 Å². The van der Waals surface area contributed by atoms with Crippen LogP contribution in [0.1, 0.15) is 23.2 Å². The van der Waals surface area contributed by atoms with Gasteiger partial charge in [-0.3, -0.25) is 9.78 Å². The lowest BCUT2D eigenvalue weighted by atomic mass is 10.1. The molecular formula is C26H29N5O2. The third-order valence-corrected chi connectivity index (χ3v) is 6.45. The normalized spacial score (nSPS) is 16.2. The van der Waals surface area contributed by atoms with Gasteiger partial charge in [0.15, 0.2) is 5.82 Å². The van der Waals surface area contributed by atoms with Gasteiger partial charge in [-0.25, -0.2) is 4.98 Å². The molecular weight excluding hydrogens is 414 g/mol. The van der Waals surface area contributed by atoms with Crippen molar-refractivity contribution in [1.29, 1.82) is 0 Å². The van der Waals surface area contributed by atoms with Crippen molar-refractivity contribution in [3.8, 4) is 17.0 Å². The molecule has 33 heavy (non-hydrogen) atoms. The number of carbonyl (C=O) groups excluding carboxylic acids is 1. The van der Waals surface area contributed by atoms with Gasteiger partial charge in [0, 0.05) is 74.5 Å². The highest BCUT2D eigenvalue weighted by atomic mass is 16.5. The Morgan fingerprint density at radius 2 is 1.61 bits per heavy atom. The molecule has 2 aromatic carbocycles. The van der Waals surface area contributed by atoms with Crippen LogP contribution in [0.15, 0.2) is 60.9 Å². The smallest absolute Gasteiger partial charge is 0.253 e. The Bertz CT molecular complexity index is 1120. The van der Waals surface area contributed by atoms with Crippen molar-refractivity contribution in [2.75, 3.05) is 56.2 Å². The number of nitrogens with zero attached hydrogens (tertiary/aromatic N) is 5. The number of amides is 1. The van der Waals surface area contributed by atoms with Gasteiger partial charge in [-0.15, -0.1) is 0 Å². The van der Waals surface area contributed by atoms with E-state index in [0.29, 0.717) is 18.7 Å². The SMILES string of the molecule is COc1cccc(N2CCN(C(=O)c3cccc(-c4nccnc4N4CCCC4)c3)CC2)c1. The third kappa shape index (κ3) is 4.49. The van der Waals surface area contributed by atoms with E-state index in [-0.39, 0.29) is 5.91 Å². The first-order chi connectivity index (χ1) is 16.2. The molecule has 1 amide bonds. The van der Waals surface area contributed by atoms with E-state index in [1.165, 1.54) is 12.8 Å². The molecule has 2 aliphatic rings. The number of piperazine rings is 1. The van der Waals surface area contributed by atoms with Gasteiger partial charge in [-0.1, -0.05) is 18.2 Å². The van der Waals surface area contributed by atoms with Crippen LogP contribution in [-0.4, -0.2) is 67.2 Å². The largest absolute Gasteiger partial charge is 0.497 e. The van der Waals surface area contributed by atoms with Gasteiger partial charge in [0.1, 0.15) is 11.4 Å². The molecule has 5 rings (SSSR count). The highest BCUT2D eigenvalue weighted by Crippen LogP contribution is 2.30. The number of benzene rings is 2. The molecule has 170 valence electrons. The van der Waals surface area contributed by atoms with Crippen molar-refractivity contribution < 1.29 is 9.53 Å². The van der Waals surface area contributed by atoms with Gasteiger partial charge < -0.3 is 19.4 Å². The lowest BCUT2D eigenvalue weighted by Gasteiger charge is -2.36. The Morgan fingerprint density at radius 3 is 2.39 bits per heavy atom. The van der Waals surface area contributed by atoms with E-state index in [1.54, 1.807) is 19.5 Å². The molecule has 7 nitrogen and oxygen atoms in total. The Kier molecular flexibility index (Phi) is 6.11. The number of hydrogen-bond donors (Lipinski definition) is 0. The van der Waals surface area contributed by atoms with Gasteiger partial charge in [-0.2, -0.15) is 0 Å². The molecule has 0 atom stereocenters. The number of ether oxygens (including phenoxy) is 1. The van der Waals surface area contributed by atoms with Crippen LogP contribution in [-0.2, 0) is 0 Å². The molecule has 2 saturated heterocycles. The maximum Gasteiger partial charge on any atom is 0.253 e. The van der Waals surface area contributed by atoms with Crippen molar-refractivity contribution in [3.05, 3.63) is 66.5 Å². The summed E-state index contributed by atoms with van der Waals surface area (Å²) in [6.45, 7) is 4.96. The molecule has 2 fully saturated rings. The molecule has 0 spiro atoms. The van der Waals surface area contributed by atoms with Gasteiger partial charge in [0.2, 0.25) is 0 Å². The lowest BCUT2D eigenvalue weighted by Crippen LogP contribution is -2.48. The van der Waals surface area contributed by atoms with E-state index in [0.717, 1.165) is 54.7 Å². The first-order valence-electron chi connectivity index (χ1n) is 11.6. The van der Waals surface area contributed by atoms with Crippen molar-refractivity contribution in [2.45, 2.75) is 12.8 Å². The van der Waals surface area contributed by atoms with Crippen LogP contribution in [0.2, 0.25) is 0 Å². The van der Waals surface area contributed by atoms with Crippen LogP contribution in [0.5, 0.6) is 5.75 Å². The zero-order valence-corrected chi connectivity index (χ0v) is 19.0. The molecule has 0 aliphatic carbocycles. The van der Waals surface area contributed by atoms with Crippen LogP contribution in [0.25, 0.3) is 11.3 Å². The Balaban J connectivity index is 1.30. The highest BCUT2D eigenvalue weighted by molar-refractivity contribution is 5.96. The Labute approximate surface area is 194 Å². The second kappa shape index (κ2) is 9.48. The second-order valence-corrected chi connectivity index (χ2v) is 8.48. The molecule has 7 heteroatoms. The van der Waals surface area contributed by atoms with Gasteiger partial charge in [0.05, 0.1) is 7.11 Å². The maximum absolute atomic E-state index is 13.3. The zero-order chi connectivity index (χ0) is 22.6. The Morgan fingerprint density at radius 1 is 0.848 bits per heavy atom. The fourth-order valence-electron chi connectivity index (χ4n) is 4.65. The molecule has 0 bridgehead atoms. The molecule has 3 aromatic rings. The summed E-state index contributed by atoms with van der Waals surface area (Å²) in [5.41, 5.74) is 3.60. The number of hydrogen-bond acceptors (Lipinski definition) is 6. The number of carbonyl (C=O) groups is 1. The molecule has 0 N–H and O–H groups in total. The standard InChI is InChI=1S/C26H29N5O2/c1-33-23-9-5-8-22(19-23)29-14-16-31(17-15-29)26(32)21-7-4-6-20(18-21)24-25(28-11-10-27-24)30-12-2-3-13-30/h4-11,18-19H,2-3,12-17H2,1H3. The van der Waals surface area contributed by atoms with E-state index < -0.39 is 0 Å². The minimum absolute atomic E-state index is 0.0637. The molecule has 3 heterocycles.